The summed E-state index contributed by atoms with van der Waals surface area (Å²) < 4.78 is 2.67. The number of hydrogen-bond acceptors (Lipinski definition) is 5. The van der Waals surface area contributed by atoms with Crippen LogP contribution in [0.1, 0.15) is 15.5 Å². The molecule has 94 valence electrons. The number of Topliss-reactive ketones (excluding diaryl/α,β-unsaturated/α-hetero) is 1. The van der Waals surface area contributed by atoms with Gasteiger partial charge in [0, 0.05) is 13.1 Å². The molecule has 5 nitrogen and oxygen atoms in total. The van der Waals surface area contributed by atoms with E-state index in [0.29, 0.717) is 22.3 Å². The summed E-state index contributed by atoms with van der Waals surface area (Å²) in [5.74, 6) is 1.03. The number of fused-ring (bicyclic) bond motifs is 1. The van der Waals surface area contributed by atoms with Crippen LogP contribution in [0.3, 0.4) is 0 Å². The molecule has 3 rings (SSSR count). The standard InChI is InChI=1S/C11H11ClN4OS/c12-10-2-1-9(18-10)8(17)5-15-3-4-16-7-13-14-11(16)6-15/h1-2,7H,3-6H2. The Balaban J connectivity index is 1.66. The summed E-state index contributed by atoms with van der Waals surface area (Å²) in [6.07, 6.45) is 1.73. The molecule has 1 aliphatic heterocycles. The van der Waals surface area contributed by atoms with E-state index in [-0.39, 0.29) is 5.78 Å². The van der Waals surface area contributed by atoms with Crippen molar-refractivity contribution in [2.45, 2.75) is 13.1 Å². The lowest BCUT2D eigenvalue weighted by Gasteiger charge is -2.25. The molecule has 1 aliphatic rings. The molecule has 7 heteroatoms. The van der Waals surface area contributed by atoms with Gasteiger partial charge in [-0.15, -0.1) is 21.5 Å². The third-order valence-corrected chi connectivity index (χ3v) is 4.21. The van der Waals surface area contributed by atoms with Crippen LogP contribution in [0.4, 0.5) is 0 Å². The second kappa shape index (κ2) is 4.79. The fourth-order valence-electron chi connectivity index (χ4n) is 2.00. The van der Waals surface area contributed by atoms with Crippen molar-refractivity contribution < 1.29 is 4.79 Å². The maximum Gasteiger partial charge on any atom is 0.186 e. The minimum Gasteiger partial charge on any atom is -0.315 e. The van der Waals surface area contributed by atoms with Crippen molar-refractivity contribution in [1.82, 2.24) is 19.7 Å². The second-order valence-corrected chi connectivity index (χ2v) is 5.89. The largest absolute Gasteiger partial charge is 0.315 e. The number of nitrogens with zero attached hydrogens (tertiary/aromatic N) is 4. The third kappa shape index (κ3) is 2.31. The highest BCUT2D eigenvalue weighted by molar-refractivity contribution is 7.18. The molecule has 0 fully saturated rings. The number of thiophene rings is 1. The Kier molecular flexibility index (Phi) is 3.15. The molecular formula is C11H11ClN4OS. The van der Waals surface area contributed by atoms with Gasteiger partial charge in [0.15, 0.2) is 5.78 Å². The number of carbonyl (C=O) groups excluding carboxylic acids is 1. The molecule has 0 aliphatic carbocycles. The van der Waals surface area contributed by atoms with Crippen molar-refractivity contribution in [2.75, 3.05) is 13.1 Å². The van der Waals surface area contributed by atoms with Crippen LogP contribution in [0.15, 0.2) is 18.5 Å². The van der Waals surface area contributed by atoms with Crippen molar-refractivity contribution >= 4 is 28.7 Å². The van der Waals surface area contributed by atoms with E-state index in [1.54, 1.807) is 18.5 Å². The van der Waals surface area contributed by atoms with E-state index in [9.17, 15) is 4.79 Å². The summed E-state index contributed by atoms with van der Waals surface area (Å²) in [4.78, 5) is 14.8. The SMILES string of the molecule is O=C(CN1CCn2cnnc2C1)c1ccc(Cl)s1. The van der Waals surface area contributed by atoms with Crippen molar-refractivity contribution in [2.24, 2.45) is 0 Å². The average Bonchev–Trinajstić information content (AvgIpc) is 2.96. The van der Waals surface area contributed by atoms with Crippen molar-refractivity contribution in [3.05, 3.63) is 33.5 Å². The minimum atomic E-state index is 0.111. The molecule has 2 aromatic rings. The first kappa shape index (κ1) is 11.8. The van der Waals surface area contributed by atoms with E-state index >= 15 is 0 Å². The molecule has 0 amide bonds. The van der Waals surface area contributed by atoms with Gasteiger partial charge in [-0.25, -0.2) is 0 Å². The summed E-state index contributed by atoms with van der Waals surface area (Å²) in [6, 6.07) is 3.54. The number of carbonyl (C=O) groups is 1. The lowest BCUT2D eigenvalue weighted by atomic mass is 10.2. The quantitative estimate of drug-likeness (QED) is 0.804. The van der Waals surface area contributed by atoms with Gasteiger partial charge in [-0.05, 0) is 12.1 Å². The smallest absolute Gasteiger partial charge is 0.186 e. The lowest BCUT2D eigenvalue weighted by molar-refractivity contribution is 0.0912. The Bertz CT molecular complexity index is 579. The Labute approximate surface area is 113 Å². The molecule has 0 N–H and O–H groups in total. The van der Waals surface area contributed by atoms with Gasteiger partial charge >= 0.3 is 0 Å². The van der Waals surface area contributed by atoms with Crippen LogP contribution in [-0.2, 0) is 13.1 Å². The zero-order valence-corrected chi connectivity index (χ0v) is 11.1. The fourth-order valence-corrected chi connectivity index (χ4v) is 2.97. The topological polar surface area (TPSA) is 51.0 Å². The molecule has 0 unspecified atom stereocenters. The maximum atomic E-state index is 12.0. The summed E-state index contributed by atoms with van der Waals surface area (Å²) in [5, 5.41) is 7.90. The summed E-state index contributed by atoms with van der Waals surface area (Å²) in [7, 11) is 0. The van der Waals surface area contributed by atoms with E-state index in [0.717, 1.165) is 18.9 Å². The number of aromatic nitrogens is 3. The van der Waals surface area contributed by atoms with E-state index in [2.05, 4.69) is 15.1 Å². The first-order valence-electron chi connectivity index (χ1n) is 5.60. The predicted molar refractivity (Wildman–Crippen MR) is 69.0 cm³/mol. The fraction of sp³-hybridized carbons (Fsp3) is 0.364. The average molecular weight is 283 g/mol. The lowest BCUT2D eigenvalue weighted by Crippen LogP contribution is -2.37. The molecule has 2 aromatic heterocycles. The number of ketones is 1. The molecular weight excluding hydrogens is 272 g/mol. The van der Waals surface area contributed by atoms with Gasteiger partial charge in [-0.1, -0.05) is 11.6 Å². The summed E-state index contributed by atoms with van der Waals surface area (Å²) in [5.41, 5.74) is 0. The van der Waals surface area contributed by atoms with E-state index in [1.165, 1.54) is 11.3 Å². The zero-order chi connectivity index (χ0) is 12.5. The van der Waals surface area contributed by atoms with Crippen molar-refractivity contribution in [3.63, 3.8) is 0 Å². The number of halogens is 1. The molecule has 0 atom stereocenters. The molecule has 0 saturated heterocycles. The normalized spacial score (nSPS) is 15.6. The van der Waals surface area contributed by atoms with E-state index < -0.39 is 0 Å². The van der Waals surface area contributed by atoms with Gasteiger partial charge in [-0.3, -0.25) is 9.69 Å². The Morgan fingerprint density at radius 1 is 1.44 bits per heavy atom. The van der Waals surface area contributed by atoms with Crippen LogP contribution < -0.4 is 0 Å². The highest BCUT2D eigenvalue weighted by Crippen LogP contribution is 2.22. The van der Waals surface area contributed by atoms with Gasteiger partial charge in [0.25, 0.3) is 0 Å². The van der Waals surface area contributed by atoms with E-state index in [4.69, 9.17) is 11.6 Å². The zero-order valence-electron chi connectivity index (χ0n) is 9.54. The maximum absolute atomic E-state index is 12.0. The predicted octanol–water partition coefficient (Wildman–Crippen LogP) is 1.69. The highest BCUT2D eigenvalue weighted by atomic mass is 35.5. The van der Waals surface area contributed by atoms with Crippen LogP contribution >= 0.6 is 22.9 Å². The molecule has 0 radical (unpaired) electrons. The Hall–Kier alpha value is -1.24. The second-order valence-electron chi connectivity index (χ2n) is 4.18. The van der Waals surface area contributed by atoms with Crippen molar-refractivity contribution in [1.29, 1.82) is 0 Å². The van der Waals surface area contributed by atoms with Crippen LogP contribution in [0.5, 0.6) is 0 Å². The molecule has 0 aromatic carbocycles. The Morgan fingerprint density at radius 3 is 3.11 bits per heavy atom. The molecule has 3 heterocycles. The summed E-state index contributed by atoms with van der Waals surface area (Å²) >= 11 is 7.16. The molecule has 0 spiro atoms. The molecule has 18 heavy (non-hydrogen) atoms. The van der Waals surface area contributed by atoms with Crippen molar-refractivity contribution in [3.8, 4) is 0 Å². The molecule has 0 saturated carbocycles. The van der Waals surface area contributed by atoms with Gasteiger partial charge in [-0.2, -0.15) is 0 Å². The van der Waals surface area contributed by atoms with Gasteiger partial charge in [0.1, 0.15) is 12.2 Å². The van der Waals surface area contributed by atoms with Crippen LogP contribution in [0, 0.1) is 0 Å². The van der Waals surface area contributed by atoms with Crippen LogP contribution in [-0.4, -0.2) is 38.5 Å². The first-order valence-corrected chi connectivity index (χ1v) is 6.79. The third-order valence-electron chi connectivity index (χ3n) is 2.93. The van der Waals surface area contributed by atoms with Gasteiger partial charge in [0.2, 0.25) is 0 Å². The first-order chi connectivity index (χ1) is 8.72. The van der Waals surface area contributed by atoms with Gasteiger partial charge < -0.3 is 4.57 Å². The van der Waals surface area contributed by atoms with Crippen LogP contribution in [0.25, 0.3) is 0 Å². The van der Waals surface area contributed by atoms with Gasteiger partial charge in [0.05, 0.1) is 22.3 Å². The highest BCUT2D eigenvalue weighted by Gasteiger charge is 2.20. The number of rotatable bonds is 3. The monoisotopic (exact) mass is 282 g/mol. The molecule has 0 bridgehead atoms. The van der Waals surface area contributed by atoms with Crippen LogP contribution in [0.2, 0.25) is 4.34 Å². The Morgan fingerprint density at radius 2 is 2.33 bits per heavy atom. The minimum absolute atomic E-state index is 0.111. The van der Waals surface area contributed by atoms with E-state index in [1.807, 2.05) is 4.57 Å². The summed E-state index contributed by atoms with van der Waals surface area (Å²) in [6.45, 7) is 2.76. The number of hydrogen-bond donors (Lipinski definition) is 0.